The zero-order valence-electron chi connectivity index (χ0n) is 13.4. The lowest BCUT2D eigenvalue weighted by molar-refractivity contribution is -0.195. The van der Waals surface area contributed by atoms with E-state index in [2.05, 4.69) is 12.1 Å². The molecule has 4 atom stereocenters. The Labute approximate surface area is 131 Å². The number of carbonyl (C=O) groups is 1. The van der Waals surface area contributed by atoms with Crippen LogP contribution in [0.3, 0.4) is 0 Å². The minimum atomic E-state index is -1.48. The molecule has 1 aliphatic carbocycles. The van der Waals surface area contributed by atoms with E-state index in [0.29, 0.717) is 13.0 Å². The molecular formula is C18H24O4. The van der Waals surface area contributed by atoms with Crippen LogP contribution in [0, 0.1) is 11.8 Å². The van der Waals surface area contributed by atoms with Gasteiger partial charge in [0.2, 0.25) is 0 Å². The number of fused-ring (bicyclic) bond motifs is 1. The molecule has 4 nitrogen and oxygen atoms in total. The van der Waals surface area contributed by atoms with Crippen LogP contribution < -0.4 is 0 Å². The average Bonchev–Trinajstić information content (AvgIpc) is 2.83. The first-order valence-electron chi connectivity index (χ1n) is 7.90. The average molecular weight is 304 g/mol. The summed E-state index contributed by atoms with van der Waals surface area (Å²) in [5, 5.41) is 11.2. The van der Waals surface area contributed by atoms with Crippen molar-refractivity contribution < 1.29 is 19.4 Å². The molecule has 0 amide bonds. The number of rotatable bonds is 2. The van der Waals surface area contributed by atoms with E-state index in [1.165, 1.54) is 12.7 Å². The lowest BCUT2D eigenvalue weighted by Crippen LogP contribution is -2.56. The predicted octanol–water partition coefficient (Wildman–Crippen LogP) is 2.51. The molecular weight excluding hydrogens is 280 g/mol. The molecule has 1 N–H and O–H groups in total. The van der Waals surface area contributed by atoms with Crippen molar-refractivity contribution in [3.63, 3.8) is 0 Å². The minimum Gasteiger partial charge on any atom is -0.467 e. The second kappa shape index (κ2) is 5.36. The van der Waals surface area contributed by atoms with Gasteiger partial charge in [0, 0.05) is 12.5 Å². The van der Waals surface area contributed by atoms with E-state index >= 15 is 0 Å². The van der Waals surface area contributed by atoms with Crippen molar-refractivity contribution in [3.05, 3.63) is 35.9 Å². The van der Waals surface area contributed by atoms with Crippen molar-refractivity contribution in [2.24, 2.45) is 11.8 Å². The number of aliphatic hydroxyl groups is 1. The normalized spacial score (nSPS) is 36.6. The molecule has 120 valence electrons. The summed E-state index contributed by atoms with van der Waals surface area (Å²) < 4.78 is 10.8. The number of hydrogen-bond acceptors (Lipinski definition) is 4. The van der Waals surface area contributed by atoms with Crippen LogP contribution in [0.4, 0.5) is 0 Å². The van der Waals surface area contributed by atoms with E-state index < -0.39 is 17.2 Å². The molecule has 0 unspecified atom stereocenters. The summed E-state index contributed by atoms with van der Waals surface area (Å²) in [5.74, 6) is -0.431. The number of ether oxygens (including phenoxy) is 2. The van der Waals surface area contributed by atoms with Crippen molar-refractivity contribution in [3.8, 4) is 0 Å². The Hall–Kier alpha value is -1.39. The fourth-order valence-electron chi connectivity index (χ4n) is 4.66. The monoisotopic (exact) mass is 304 g/mol. The van der Waals surface area contributed by atoms with Gasteiger partial charge in [0.1, 0.15) is 0 Å². The Morgan fingerprint density at radius 2 is 2.00 bits per heavy atom. The Bertz CT molecular complexity index is 553. The Morgan fingerprint density at radius 3 is 2.64 bits per heavy atom. The van der Waals surface area contributed by atoms with Crippen LogP contribution in [0.15, 0.2) is 30.3 Å². The molecule has 0 bridgehead atoms. The summed E-state index contributed by atoms with van der Waals surface area (Å²) >= 11 is 0. The van der Waals surface area contributed by atoms with Crippen LogP contribution in [0.2, 0.25) is 0 Å². The van der Waals surface area contributed by atoms with Crippen LogP contribution in [0.5, 0.6) is 0 Å². The second-order valence-electron chi connectivity index (χ2n) is 7.02. The van der Waals surface area contributed by atoms with Gasteiger partial charge in [-0.1, -0.05) is 30.3 Å². The SMILES string of the molecule is COC(=O)[C@]1(O)C[C@@H](c2ccccc2)[C@@H]2CCOC(C)(C)[C@H]21. The highest BCUT2D eigenvalue weighted by molar-refractivity contribution is 5.80. The molecule has 1 aliphatic heterocycles. The van der Waals surface area contributed by atoms with E-state index in [0.717, 1.165) is 6.42 Å². The quantitative estimate of drug-likeness (QED) is 0.853. The van der Waals surface area contributed by atoms with E-state index in [1.807, 2.05) is 32.0 Å². The second-order valence-corrected chi connectivity index (χ2v) is 7.02. The van der Waals surface area contributed by atoms with Crippen molar-refractivity contribution in [1.29, 1.82) is 0 Å². The zero-order chi connectivity index (χ0) is 16.0. The molecule has 4 heteroatoms. The van der Waals surface area contributed by atoms with Gasteiger partial charge in [-0.25, -0.2) is 4.79 Å². The molecule has 1 saturated heterocycles. The third-order valence-electron chi connectivity index (χ3n) is 5.43. The van der Waals surface area contributed by atoms with Crippen molar-refractivity contribution in [1.82, 2.24) is 0 Å². The van der Waals surface area contributed by atoms with Gasteiger partial charge in [-0.2, -0.15) is 0 Å². The van der Waals surface area contributed by atoms with Crippen LogP contribution in [-0.2, 0) is 14.3 Å². The van der Waals surface area contributed by atoms with Crippen LogP contribution in [0.25, 0.3) is 0 Å². The van der Waals surface area contributed by atoms with Crippen LogP contribution >= 0.6 is 0 Å². The third-order valence-corrected chi connectivity index (χ3v) is 5.43. The summed E-state index contributed by atoms with van der Waals surface area (Å²) in [6, 6.07) is 10.1. The van der Waals surface area contributed by atoms with E-state index in [9.17, 15) is 9.90 Å². The van der Waals surface area contributed by atoms with Crippen LogP contribution in [-0.4, -0.2) is 36.0 Å². The first-order chi connectivity index (χ1) is 10.4. The maximum Gasteiger partial charge on any atom is 0.338 e. The third kappa shape index (κ3) is 2.25. The maximum atomic E-state index is 12.3. The Kier molecular flexibility index (Phi) is 3.77. The van der Waals surface area contributed by atoms with Gasteiger partial charge < -0.3 is 14.6 Å². The molecule has 1 aromatic carbocycles. The van der Waals surface area contributed by atoms with E-state index in [1.54, 1.807) is 0 Å². The van der Waals surface area contributed by atoms with Crippen LogP contribution in [0.1, 0.15) is 38.2 Å². The van der Waals surface area contributed by atoms with Gasteiger partial charge in [-0.05, 0) is 44.1 Å². The van der Waals surface area contributed by atoms with Gasteiger partial charge in [0.25, 0.3) is 0 Å². The topological polar surface area (TPSA) is 55.8 Å². The summed E-state index contributed by atoms with van der Waals surface area (Å²) in [6.07, 6.45) is 1.25. The molecule has 1 saturated carbocycles. The number of benzene rings is 1. The number of carbonyl (C=O) groups excluding carboxylic acids is 1. The lowest BCUT2D eigenvalue weighted by atomic mass is 9.70. The number of hydrogen-bond donors (Lipinski definition) is 1. The maximum absolute atomic E-state index is 12.3. The summed E-state index contributed by atoms with van der Waals surface area (Å²) in [5.41, 5.74) is -0.853. The Morgan fingerprint density at radius 1 is 1.32 bits per heavy atom. The molecule has 1 heterocycles. The summed E-state index contributed by atoms with van der Waals surface area (Å²) in [7, 11) is 1.34. The fraction of sp³-hybridized carbons (Fsp3) is 0.611. The molecule has 0 spiro atoms. The molecule has 2 aliphatic rings. The molecule has 3 rings (SSSR count). The molecule has 0 radical (unpaired) electrons. The molecule has 0 aromatic heterocycles. The zero-order valence-corrected chi connectivity index (χ0v) is 13.4. The molecule has 2 fully saturated rings. The van der Waals surface area contributed by atoms with Crippen molar-refractivity contribution in [2.75, 3.05) is 13.7 Å². The number of esters is 1. The van der Waals surface area contributed by atoms with Gasteiger partial charge in [0.15, 0.2) is 5.60 Å². The van der Waals surface area contributed by atoms with E-state index in [-0.39, 0.29) is 17.8 Å². The van der Waals surface area contributed by atoms with Gasteiger partial charge in [-0.3, -0.25) is 0 Å². The smallest absolute Gasteiger partial charge is 0.338 e. The van der Waals surface area contributed by atoms with E-state index in [4.69, 9.17) is 9.47 Å². The molecule has 22 heavy (non-hydrogen) atoms. The highest BCUT2D eigenvalue weighted by Gasteiger charge is 2.64. The first kappa shape index (κ1) is 15.5. The highest BCUT2D eigenvalue weighted by atomic mass is 16.5. The van der Waals surface area contributed by atoms with Crippen molar-refractivity contribution in [2.45, 2.75) is 43.8 Å². The molecule has 1 aromatic rings. The summed E-state index contributed by atoms with van der Waals surface area (Å²) in [4.78, 5) is 12.3. The van der Waals surface area contributed by atoms with Gasteiger partial charge in [0.05, 0.1) is 12.7 Å². The summed E-state index contributed by atoms with van der Waals surface area (Å²) in [6.45, 7) is 4.59. The Balaban J connectivity index is 2.05. The van der Waals surface area contributed by atoms with Gasteiger partial charge in [-0.15, -0.1) is 0 Å². The van der Waals surface area contributed by atoms with Gasteiger partial charge >= 0.3 is 5.97 Å². The lowest BCUT2D eigenvalue weighted by Gasteiger charge is -2.45. The fourth-order valence-corrected chi connectivity index (χ4v) is 4.66. The highest BCUT2D eigenvalue weighted by Crippen LogP contribution is 2.57. The predicted molar refractivity (Wildman–Crippen MR) is 82.4 cm³/mol. The standard InChI is InChI=1S/C18H24O4/c1-17(2)15-13(9-10-22-17)14(12-7-5-4-6-8-12)11-18(15,20)16(19)21-3/h4-8,13-15,20H,9-11H2,1-3H3/t13-,14-,15-,18-/m0/s1. The van der Waals surface area contributed by atoms with Crippen molar-refractivity contribution >= 4 is 5.97 Å². The number of methoxy groups -OCH3 is 1. The minimum absolute atomic E-state index is 0.151. The largest absolute Gasteiger partial charge is 0.467 e. The first-order valence-corrected chi connectivity index (χ1v) is 7.90.